The van der Waals surface area contributed by atoms with Crippen molar-refractivity contribution in [3.8, 4) is 5.75 Å². The molecule has 1 aromatic carbocycles. The van der Waals surface area contributed by atoms with Crippen molar-refractivity contribution >= 4 is 11.9 Å². The Balaban J connectivity index is 1.95. The number of carboxylic acid groups (broad SMARTS) is 1. The lowest BCUT2D eigenvalue weighted by atomic mass is 9.81. The van der Waals surface area contributed by atoms with Crippen molar-refractivity contribution in [3.05, 3.63) is 29.8 Å². The Labute approximate surface area is 124 Å². The second kappa shape index (κ2) is 5.76. The third kappa shape index (κ3) is 3.17. The Kier molecular flexibility index (Phi) is 4.21. The highest BCUT2D eigenvalue weighted by Crippen LogP contribution is 2.35. The number of hydrogen-bond acceptors (Lipinski definition) is 3. The summed E-state index contributed by atoms with van der Waals surface area (Å²) in [4.78, 5) is 25.1. The van der Waals surface area contributed by atoms with Crippen molar-refractivity contribution in [2.75, 3.05) is 19.7 Å². The highest BCUT2D eigenvalue weighted by Gasteiger charge is 2.47. The van der Waals surface area contributed by atoms with Crippen LogP contribution < -0.4 is 4.74 Å². The fraction of sp³-hybridized carbons (Fsp3) is 0.500. The Morgan fingerprint density at radius 1 is 1.48 bits per heavy atom. The molecule has 1 fully saturated rings. The summed E-state index contributed by atoms with van der Waals surface area (Å²) in [6.45, 7) is 6.14. The van der Waals surface area contributed by atoms with E-state index in [4.69, 9.17) is 4.74 Å². The van der Waals surface area contributed by atoms with Gasteiger partial charge in [0.25, 0.3) is 5.91 Å². The first kappa shape index (κ1) is 15.4. The van der Waals surface area contributed by atoms with Gasteiger partial charge in [-0.05, 0) is 37.5 Å². The maximum Gasteiger partial charge on any atom is 0.311 e. The summed E-state index contributed by atoms with van der Waals surface area (Å²) in [6, 6.07) is 7.49. The van der Waals surface area contributed by atoms with E-state index < -0.39 is 11.4 Å². The molecule has 0 spiro atoms. The molecule has 1 heterocycles. The molecule has 1 aromatic rings. The fourth-order valence-corrected chi connectivity index (χ4v) is 2.56. The summed E-state index contributed by atoms with van der Waals surface area (Å²) in [6.07, 6.45) is 0. The van der Waals surface area contributed by atoms with Gasteiger partial charge in [-0.1, -0.05) is 19.1 Å². The van der Waals surface area contributed by atoms with Crippen molar-refractivity contribution in [2.24, 2.45) is 11.3 Å². The number of likely N-dealkylation sites (tertiary alicyclic amines) is 1. The molecule has 1 aliphatic heterocycles. The Morgan fingerprint density at radius 2 is 2.19 bits per heavy atom. The van der Waals surface area contributed by atoms with Gasteiger partial charge in [0.15, 0.2) is 6.61 Å². The van der Waals surface area contributed by atoms with Crippen molar-refractivity contribution < 1.29 is 19.4 Å². The summed E-state index contributed by atoms with van der Waals surface area (Å²) < 4.78 is 5.49. The van der Waals surface area contributed by atoms with Gasteiger partial charge in [-0.25, -0.2) is 0 Å². The van der Waals surface area contributed by atoms with Crippen LogP contribution in [0.3, 0.4) is 0 Å². The third-order valence-corrected chi connectivity index (χ3v) is 4.29. The van der Waals surface area contributed by atoms with Gasteiger partial charge in [0, 0.05) is 13.1 Å². The lowest BCUT2D eigenvalue weighted by Gasteiger charge is -2.22. The average molecular weight is 291 g/mol. The lowest BCUT2D eigenvalue weighted by molar-refractivity contribution is -0.149. The van der Waals surface area contributed by atoms with Gasteiger partial charge >= 0.3 is 5.97 Å². The highest BCUT2D eigenvalue weighted by molar-refractivity contribution is 5.81. The van der Waals surface area contributed by atoms with Gasteiger partial charge in [-0.2, -0.15) is 0 Å². The van der Waals surface area contributed by atoms with Gasteiger partial charge in [0.1, 0.15) is 5.75 Å². The molecule has 2 rings (SSSR count). The molecule has 0 bridgehead atoms. The van der Waals surface area contributed by atoms with Crippen LogP contribution in [0.2, 0.25) is 0 Å². The molecule has 0 unspecified atom stereocenters. The number of aryl methyl sites for hydroxylation is 1. The summed E-state index contributed by atoms with van der Waals surface area (Å²) >= 11 is 0. The van der Waals surface area contributed by atoms with Gasteiger partial charge < -0.3 is 14.7 Å². The number of carbonyl (C=O) groups is 2. The number of aliphatic carboxylic acids is 1. The molecule has 1 N–H and O–H groups in total. The number of nitrogens with zero attached hydrogens (tertiary/aromatic N) is 1. The molecule has 114 valence electrons. The third-order valence-electron chi connectivity index (χ3n) is 4.29. The standard InChI is InChI=1S/C16H21NO4/c1-11-5-4-6-13(7-11)21-9-14(18)17-8-12(2)16(3,10-17)15(19)20/h4-7,12H,8-10H2,1-3H3,(H,19,20)/t12-,16-/m1/s1. The van der Waals surface area contributed by atoms with E-state index in [0.717, 1.165) is 5.56 Å². The minimum absolute atomic E-state index is 0.0636. The second-order valence-electron chi connectivity index (χ2n) is 6.00. The number of hydrogen-bond donors (Lipinski definition) is 1. The predicted molar refractivity (Wildman–Crippen MR) is 78.2 cm³/mol. The summed E-state index contributed by atoms with van der Waals surface area (Å²) in [7, 11) is 0. The van der Waals surface area contributed by atoms with E-state index in [2.05, 4.69) is 0 Å². The first-order valence-electron chi connectivity index (χ1n) is 7.03. The second-order valence-corrected chi connectivity index (χ2v) is 6.00. The normalized spacial score (nSPS) is 24.9. The Morgan fingerprint density at radius 3 is 2.76 bits per heavy atom. The van der Waals surface area contributed by atoms with Crippen molar-refractivity contribution in [2.45, 2.75) is 20.8 Å². The molecule has 1 amide bonds. The van der Waals surface area contributed by atoms with E-state index >= 15 is 0 Å². The molecule has 5 nitrogen and oxygen atoms in total. The van der Waals surface area contributed by atoms with Crippen LogP contribution in [0.25, 0.3) is 0 Å². The molecular formula is C16H21NO4. The van der Waals surface area contributed by atoms with Gasteiger partial charge in [-0.3, -0.25) is 9.59 Å². The molecule has 0 aromatic heterocycles. The van der Waals surface area contributed by atoms with Gasteiger partial charge in [0.05, 0.1) is 5.41 Å². The van der Waals surface area contributed by atoms with Crippen LogP contribution in [-0.4, -0.2) is 41.6 Å². The molecule has 21 heavy (non-hydrogen) atoms. The molecule has 0 aliphatic carbocycles. The van der Waals surface area contributed by atoms with Crippen LogP contribution in [0.15, 0.2) is 24.3 Å². The number of amides is 1. The van der Waals surface area contributed by atoms with Gasteiger partial charge in [-0.15, -0.1) is 0 Å². The Hall–Kier alpha value is -2.04. The largest absolute Gasteiger partial charge is 0.484 e. The highest BCUT2D eigenvalue weighted by atomic mass is 16.5. The number of benzene rings is 1. The molecule has 0 saturated carbocycles. The van der Waals surface area contributed by atoms with Crippen LogP contribution >= 0.6 is 0 Å². The number of ether oxygens (including phenoxy) is 1. The molecule has 2 atom stereocenters. The smallest absolute Gasteiger partial charge is 0.311 e. The first-order chi connectivity index (χ1) is 9.83. The number of rotatable bonds is 4. The van der Waals surface area contributed by atoms with E-state index in [1.165, 1.54) is 0 Å². The van der Waals surface area contributed by atoms with E-state index in [0.29, 0.717) is 12.3 Å². The fourth-order valence-electron chi connectivity index (χ4n) is 2.56. The van der Waals surface area contributed by atoms with Crippen LogP contribution in [0.1, 0.15) is 19.4 Å². The monoisotopic (exact) mass is 291 g/mol. The zero-order valence-corrected chi connectivity index (χ0v) is 12.6. The maximum absolute atomic E-state index is 12.2. The molecule has 5 heteroatoms. The first-order valence-corrected chi connectivity index (χ1v) is 7.03. The van der Waals surface area contributed by atoms with Crippen molar-refractivity contribution in [1.82, 2.24) is 4.90 Å². The lowest BCUT2D eigenvalue weighted by Crippen LogP contribution is -2.37. The number of carbonyl (C=O) groups excluding carboxylic acids is 1. The summed E-state index contributed by atoms with van der Waals surface area (Å²) in [5.41, 5.74) is 0.187. The van der Waals surface area contributed by atoms with E-state index in [1.54, 1.807) is 17.9 Å². The SMILES string of the molecule is Cc1cccc(OCC(=O)N2C[C@@H](C)[C@](C)(C(=O)O)C2)c1. The topological polar surface area (TPSA) is 66.8 Å². The zero-order valence-electron chi connectivity index (χ0n) is 12.6. The minimum Gasteiger partial charge on any atom is -0.484 e. The Bertz CT molecular complexity index is 557. The molecular weight excluding hydrogens is 270 g/mol. The minimum atomic E-state index is -0.876. The van der Waals surface area contributed by atoms with Gasteiger partial charge in [0.2, 0.25) is 0 Å². The molecule has 1 saturated heterocycles. The molecule has 0 radical (unpaired) electrons. The van der Waals surface area contributed by atoms with E-state index in [-0.39, 0.29) is 25.0 Å². The maximum atomic E-state index is 12.2. The summed E-state index contributed by atoms with van der Waals surface area (Å²) in [5.74, 6) is -0.451. The zero-order chi connectivity index (χ0) is 15.6. The van der Waals surface area contributed by atoms with E-state index in [1.807, 2.05) is 32.0 Å². The average Bonchev–Trinajstić information content (AvgIpc) is 2.74. The van der Waals surface area contributed by atoms with Crippen molar-refractivity contribution in [1.29, 1.82) is 0 Å². The van der Waals surface area contributed by atoms with Crippen LogP contribution in [0, 0.1) is 18.3 Å². The molecule has 1 aliphatic rings. The number of carboxylic acids is 1. The van der Waals surface area contributed by atoms with Crippen LogP contribution in [0.4, 0.5) is 0 Å². The van der Waals surface area contributed by atoms with Crippen molar-refractivity contribution in [3.63, 3.8) is 0 Å². The predicted octanol–water partition coefficient (Wildman–Crippen LogP) is 1.94. The summed E-state index contributed by atoms with van der Waals surface area (Å²) in [5, 5.41) is 9.31. The quantitative estimate of drug-likeness (QED) is 0.920. The van der Waals surface area contributed by atoms with Crippen LogP contribution in [-0.2, 0) is 9.59 Å². The van der Waals surface area contributed by atoms with E-state index in [9.17, 15) is 14.7 Å². The van der Waals surface area contributed by atoms with Crippen LogP contribution in [0.5, 0.6) is 5.75 Å².